The minimum Gasteiger partial charge on any atom is -0.474 e. The zero-order valence-corrected chi connectivity index (χ0v) is 12.4. The van der Waals surface area contributed by atoms with Crippen LogP contribution in [0.2, 0.25) is 0 Å². The van der Waals surface area contributed by atoms with Crippen molar-refractivity contribution < 1.29 is 4.74 Å². The molecule has 5 nitrogen and oxygen atoms in total. The van der Waals surface area contributed by atoms with E-state index in [1.165, 1.54) is 18.4 Å². The Morgan fingerprint density at radius 1 is 1.29 bits per heavy atom. The fraction of sp³-hybridized carbons (Fsp3) is 0.500. The first kappa shape index (κ1) is 14.1. The van der Waals surface area contributed by atoms with Gasteiger partial charge in [-0.25, -0.2) is 4.98 Å². The van der Waals surface area contributed by atoms with Crippen LogP contribution in [0, 0.1) is 6.92 Å². The summed E-state index contributed by atoms with van der Waals surface area (Å²) < 4.78 is 6.05. The average Bonchev–Trinajstić information content (AvgIpc) is 3.13. The van der Waals surface area contributed by atoms with Gasteiger partial charge in [-0.2, -0.15) is 5.10 Å². The first-order valence-corrected chi connectivity index (χ1v) is 7.63. The van der Waals surface area contributed by atoms with Gasteiger partial charge in [-0.05, 0) is 38.7 Å². The smallest absolute Gasteiger partial charge is 0.218 e. The SMILES string of the molecule is Cc1[nH]ncc1CNCc1cccnc1OC1CCCC1. The molecule has 0 radical (unpaired) electrons. The van der Waals surface area contributed by atoms with Gasteiger partial charge in [-0.15, -0.1) is 0 Å². The monoisotopic (exact) mass is 286 g/mol. The number of pyridine rings is 1. The molecule has 2 aromatic heterocycles. The number of hydrogen-bond acceptors (Lipinski definition) is 4. The van der Waals surface area contributed by atoms with Crippen LogP contribution >= 0.6 is 0 Å². The van der Waals surface area contributed by atoms with Gasteiger partial charge in [0, 0.05) is 36.1 Å². The fourth-order valence-electron chi connectivity index (χ4n) is 2.71. The molecular weight excluding hydrogens is 264 g/mol. The van der Waals surface area contributed by atoms with Gasteiger partial charge >= 0.3 is 0 Å². The number of rotatable bonds is 6. The molecule has 1 aliphatic carbocycles. The van der Waals surface area contributed by atoms with Gasteiger partial charge < -0.3 is 10.1 Å². The van der Waals surface area contributed by atoms with E-state index in [-0.39, 0.29) is 0 Å². The maximum atomic E-state index is 6.05. The molecule has 112 valence electrons. The molecule has 2 heterocycles. The standard InChI is InChI=1S/C16H22N4O/c1-12-14(11-19-20-12)10-17-9-13-5-4-8-18-16(13)21-15-6-2-3-7-15/h4-5,8,11,15,17H,2-3,6-7,9-10H2,1H3,(H,19,20). The third-order valence-electron chi connectivity index (χ3n) is 4.00. The van der Waals surface area contributed by atoms with Crippen LogP contribution in [0.4, 0.5) is 0 Å². The zero-order valence-electron chi connectivity index (χ0n) is 12.4. The molecule has 21 heavy (non-hydrogen) atoms. The summed E-state index contributed by atoms with van der Waals surface area (Å²) in [5.74, 6) is 0.779. The number of nitrogens with one attached hydrogen (secondary N) is 2. The molecule has 0 aliphatic heterocycles. The first-order valence-electron chi connectivity index (χ1n) is 7.63. The highest BCUT2D eigenvalue weighted by molar-refractivity contribution is 5.26. The van der Waals surface area contributed by atoms with Gasteiger partial charge in [0.05, 0.1) is 6.20 Å². The second kappa shape index (κ2) is 6.72. The highest BCUT2D eigenvalue weighted by Gasteiger charge is 2.18. The lowest BCUT2D eigenvalue weighted by atomic mass is 10.2. The van der Waals surface area contributed by atoms with Crippen LogP contribution in [0.15, 0.2) is 24.5 Å². The van der Waals surface area contributed by atoms with Crippen molar-refractivity contribution in [1.29, 1.82) is 0 Å². The van der Waals surface area contributed by atoms with Crippen molar-refractivity contribution in [2.24, 2.45) is 0 Å². The number of nitrogens with zero attached hydrogens (tertiary/aromatic N) is 2. The summed E-state index contributed by atoms with van der Waals surface area (Å²) in [6.45, 7) is 3.57. The number of aromatic amines is 1. The maximum Gasteiger partial charge on any atom is 0.218 e. The minimum atomic E-state index is 0.342. The van der Waals surface area contributed by atoms with E-state index in [0.717, 1.165) is 43.1 Å². The van der Waals surface area contributed by atoms with Crippen molar-refractivity contribution in [2.75, 3.05) is 0 Å². The molecule has 1 fully saturated rings. The quantitative estimate of drug-likeness (QED) is 0.857. The predicted molar refractivity (Wildman–Crippen MR) is 81.0 cm³/mol. The molecule has 5 heteroatoms. The molecule has 0 bridgehead atoms. The summed E-state index contributed by atoms with van der Waals surface area (Å²) in [5, 5.41) is 10.4. The molecule has 1 aliphatic rings. The van der Waals surface area contributed by atoms with E-state index in [4.69, 9.17) is 4.74 Å². The number of hydrogen-bond donors (Lipinski definition) is 2. The molecule has 0 unspecified atom stereocenters. The van der Waals surface area contributed by atoms with Gasteiger partial charge in [0.1, 0.15) is 6.10 Å². The molecular formula is C16H22N4O. The molecule has 2 aromatic rings. The Labute approximate surface area is 125 Å². The van der Waals surface area contributed by atoms with E-state index in [0.29, 0.717) is 6.10 Å². The Bertz CT molecular complexity index is 575. The van der Waals surface area contributed by atoms with E-state index >= 15 is 0 Å². The lowest BCUT2D eigenvalue weighted by Crippen LogP contribution is -2.17. The number of ether oxygens (including phenoxy) is 1. The zero-order chi connectivity index (χ0) is 14.5. The van der Waals surface area contributed by atoms with Crippen LogP contribution in [0.3, 0.4) is 0 Å². The number of H-pyrrole nitrogens is 1. The minimum absolute atomic E-state index is 0.342. The van der Waals surface area contributed by atoms with Crippen LogP contribution in [0.5, 0.6) is 5.88 Å². The molecule has 2 N–H and O–H groups in total. The van der Waals surface area contributed by atoms with E-state index in [1.54, 1.807) is 6.20 Å². The Balaban J connectivity index is 1.58. The van der Waals surface area contributed by atoms with Gasteiger partial charge in [-0.3, -0.25) is 5.10 Å². The highest BCUT2D eigenvalue weighted by atomic mass is 16.5. The molecule has 0 amide bonds. The van der Waals surface area contributed by atoms with Crippen LogP contribution in [0.25, 0.3) is 0 Å². The molecule has 0 aromatic carbocycles. The van der Waals surface area contributed by atoms with Crippen LogP contribution in [-0.4, -0.2) is 21.3 Å². The van der Waals surface area contributed by atoms with Crippen molar-refractivity contribution in [3.63, 3.8) is 0 Å². The summed E-state index contributed by atoms with van der Waals surface area (Å²) >= 11 is 0. The van der Waals surface area contributed by atoms with Gasteiger partial charge in [-0.1, -0.05) is 6.07 Å². The summed E-state index contributed by atoms with van der Waals surface area (Å²) in [6, 6.07) is 4.04. The summed E-state index contributed by atoms with van der Waals surface area (Å²) in [5.41, 5.74) is 3.42. The van der Waals surface area contributed by atoms with Crippen LogP contribution < -0.4 is 10.1 Å². The molecule has 0 atom stereocenters. The van der Waals surface area contributed by atoms with Crippen molar-refractivity contribution in [1.82, 2.24) is 20.5 Å². The number of aromatic nitrogens is 3. The largest absolute Gasteiger partial charge is 0.474 e. The normalized spacial score (nSPS) is 15.5. The topological polar surface area (TPSA) is 62.8 Å². The second-order valence-electron chi connectivity index (χ2n) is 5.62. The maximum absolute atomic E-state index is 6.05. The molecule has 1 saturated carbocycles. The van der Waals surface area contributed by atoms with Crippen LogP contribution in [-0.2, 0) is 13.1 Å². The van der Waals surface area contributed by atoms with Crippen molar-refractivity contribution in [3.8, 4) is 5.88 Å². The Kier molecular flexibility index (Phi) is 4.50. The highest BCUT2D eigenvalue weighted by Crippen LogP contribution is 2.24. The lowest BCUT2D eigenvalue weighted by molar-refractivity contribution is 0.199. The van der Waals surface area contributed by atoms with E-state index in [9.17, 15) is 0 Å². The predicted octanol–water partition coefficient (Wildman–Crippen LogP) is 2.72. The third kappa shape index (κ3) is 3.61. The lowest BCUT2D eigenvalue weighted by Gasteiger charge is -2.15. The summed E-state index contributed by atoms with van der Waals surface area (Å²) in [7, 11) is 0. The Morgan fingerprint density at radius 2 is 2.10 bits per heavy atom. The average molecular weight is 286 g/mol. The third-order valence-corrected chi connectivity index (χ3v) is 4.00. The number of aryl methyl sites for hydroxylation is 1. The van der Waals surface area contributed by atoms with Crippen molar-refractivity contribution in [3.05, 3.63) is 41.3 Å². The Hall–Kier alpha value is -1.88. The van der Waals surface area contributed by atoms with Gasteiger partial charge in [0.15, 0.2) is 0 Å². The van der Waals surface area contributed by atoms with Crippen molar-refractivity contribution >= 4 is 0 Å². The molecule has 0 spiro atoms. The van der Waals surface area contributed by atoms with Gasteiger partial charge in [0.2, 0.25) is 5.88 Å². The van der Waals surface area contributed by atoms with Gasteiger partial charge in [0.25, 0.3) is 0 Å². The Morgan fingerprint density at radius 3 is 2.86 bits per heavy atom. The van der Waals surface area contributed by atoms with E-state index in [1.807, 2.05) is 19.2 Å². The van der Waals surface area contributed by atoms with E-state index < -0.39 is 0 Å². The van der Waals surface area contributed by atoms with E-state index in [2.05, 4.69) is 26.6 Å². The van der Waals surface area contributed by atoms with Crippen LogP contribution in [0.1, 0.15) is 42.5 Å². The summed E-state index contributed by atoms with van der Waals surface area (Å²) in [6.07, 6.45) is 8.84. The molecule has 0 saturated heterocycles. The van der Waals surface area contributed by atoms with Crippen molar-refractivity contribution in [2.45, 2.75) is 51.8 Å². The first-order chi connectivity index (χ1) is 10.3. The fourth-order valence-corrected chi connectivity index (χ4v) is 2.71. The molecule has 3 rings (SSSR count). The summed E-state index contributed by atoms with van der Waals surface area (Å²) in [4.78, 5) is 4.39. The second-order valence-corrected chi connectivity index (χ2v) is 5.62.